The van der Waals surface area contributed by atoms with Gasteiger partial charge in [-0.05, 0) is 55.9 Å². The summed E-state index contributed by atoms with van der Waals surface area (Å²) in [6.07, 6.45) is 4.22. The fourth-order valence-electron chi connectivity index (χ4n) is 4.53. The van der Waals surface area contributed by atoms with E-state index in [1.54, 1.807) is 6.92 Å². The topological polar surface area (TPSA) is 29.5 Å². The maximum Gasteiger partial charge on any atom is 0.157 e. The average molecular weight is 268 g/mol. The lowest BCUT2D eigenvalue weighted by Crippen LogP contribution is -2.55. The maximum absolute atomic E-state index is 14.7. The summed E-state index contributed by atoms with van der Waals surface area (Å²) in [4.78, 5) is 0. The van der Waals surface area contributed by atoms with Crippen LogP contribution in [0.25, 0.3) is 0 Å². The number of aliphatic hydroxyl groups is 1. The van der Waals surface area contributed by atoms with Crippen molar-refractivity contribution in [2.75, 3.05) is 0 Å². The molecule has 0 aromatic carbocycles. The summed E-state index contributed by atoms with van der Waals surface area (Å²) in [5.41, 5.74) is -0.769. The minimum atomic E-state index is -1.35. The standard InChI is InChI=1S/C16H25FO2/c1-4-16(17,9(2)3)15-8-14(19-15)12-6-11-5-10(12)7-13(11)18/h10-15,18H,2,4-8H2,1,3H3. The van der Waals surface area contributed by atoms with E-state index in [0.717, 1.165) is 25.7 Å². The van der Waals surface area contributed by atoms with E-state index in [4.69, 9.17) is 4.74 Å². The summed E-state index contributed by atoms with van der Waals surface area (Å²) in [6, 6.07) is 0. The van der Waals surface area contributed by atoms with Crippen LogP contribution in [-0.2, 0) is 4.74 Å². The molecule has 0 spiro atoms. The van der Waals surface area contributed by atoms with Crippen LogP contribution >= 0.6 is 0 Å². The monoisotopic (exact) mass is 268 g/mol. The second-order valence-electron chi connectivity index (χ2n) is 6.85. The van der Waals surface area contributed by atoms with Gasteiger partial charge in [-0.2, -0.15) is 0 Å². The molecule has 1 heterocycles. The molecule has 19 heavy (non-hydrogen) atoms. The van der Waals surface area contributed by atoms with Crippen molar-refractivity contribution in [2.24, 2.45) is 17.8 Å². The number of halogens is 1. The largest absolute Gasteiger partial charge is 0.393 e. The average Bonchev–Trinajstić information content (AvgIpc) is 2.85. The van der Waals surface area contributed by atoms with Crippen molar-refractivity contribution < 1.29 is 14.2 Å². The van der Waals surface area contributed by atoms with E-state index in [1.165, 1.54) is 0 Å². The van der Waals surface area contributed by atoms with Crippen LogP contribution in [0.3, 0.4) is 0 Å². The molecule has 1 saturated heterocycles. The van der Waals surface area contributed by atoms with Gasteiger partial charge in [0, 0.05) is 6.42 Å². The van der Waals surface area contributed by atoms with Crippen molar-refractivity contribution in [3.8, 4) is 0 Å². The zero-order valence-electron chi connectivity index (χ0n) is 11.9. The minimum absolute atomic E-state index is 0.0940. The number of fused-ring (bicyclic) bond motifs is 2. The number of rotatable bonds is 4. The van der Waals surface area contributed by atoms with Crippen molar-refractivity contribution in [3.63, 3.8) is 0 Å². The lowest BCUT2D eigenvalue weighted by Gasteiger charge is -2.48. The van der Waals surface area contributed by atoms with E-state index in [2.05, 4.69) is 6.58 Å². The van der Waals surface area contributed by atoms with Gasteiger partial charge in [0.2, 0.25) is 0 Å². The maximum atomic E-state index is 14.7. The van der Waals surface area contributed by atoms with Gasteiger partial charge in [0.25, 0.3) is 0 Å². The molecule has 3 rings (SSSR count). The third kappa shape index (κ3) is 1.97. The van der Waals surface area contributed by atoms with E-state index in [9.17, 15) is 9.50 Å². The first-order valence-electron chi connectivity index (χ1n) is 7.64. The molecule has 0 amide bonds. The van der Waals surface area contributed by atoms with E-state index < -0.39 is 5.67 Å². The van der Waals surface area contributed by atoms with E-state index in [-0.39, 0.29) is 18.3 Å². The van der Waals surface area contributed by atoms with E-state index >= 15 is 0 Å². The molecular formula is C16H25FO2. The summed E-state index contributed by atoms with van der Waals surface area (Å²) in [7, 11) is 0. The SMILES string of the molecule is C=C(C)C(F)(CC)C1CC(C2CC3CC2CC3O)O1. The van der Waals surface area contributed by atoms with Crippen molar-refractivity contribution >= 4 is 0 Å². The number of alkyl halides is 1. The predicted octanol–water partition coefficient (Wildman–Crippen LogP) is 3.25. The first-order valence-corrected chi connectivity index (χ1v) is 7.64. The van der Waals surface area contributed by atoms with Crippen LogP contribution in [0.1, 0.15) is 46.0 Å². The summed E-state index contributed by atoms with van der Waals surface area (Å²) in [6.45, 7) is 7.40. The Labute approximate surface area is 115 Å². The predicted molar refractivity (Wildman–Crippen MR) is 72.5 cm³/mol. The zero-order chi connectivity index (χ0) is 13.8. The Morgan fingerprint density at radius 3 is 2.42 bits per heavy atom. The van der Waals surface area contributed by atoms with Gasteiger partial charge in [-0.15, -0.1) is 0 Å². The highest BCUT2D eigenvalue weighted by atomic mass is 19.1. The summed E-state index contributed by atoms with van der Waals surface area (Å²) in [5.74, 6) is 1.63. The summed E-state index contributed by atoms with van der Waals surface area (Å²) >= 11 is 0. The third-order valence-corrected chi connectivity index (χ3v) is 5.87. The van der Waals surface area contributed by atoms with Crippen LogP contribution in [0.5, 0.6) is 0 Å². The first-order chi connectivity index (χ1) is 8.95. The van der Waals surface area contributed by atoms with Crippen LogP contribution in [0.15, 0.2) is 12.2 Å². The molecule has 0 aromatic rings. The molecule has 0 radical (unpaired) electrons. The molecule has 2 bridgehead atoms. The Morgan fingerprint density at radius 1 is 1.32 bits per heavy atom. The molecule has 108 valence electrons. The molecular weight excluding hydrogens is 243 g/mol. The van der Waals surface area contributed by atoms with Crippen LogP contribution in [-0.4, -0.2) is 29.1 Å². The Kier molecular flexibility index (Phi) is 3.25. The Morgan fingerprint density at radius 2 is 2.00 bits per heavy atom. The molecule has 3 aliphatic rings. The molecule has 1 N–H and O–H groups in total. The number of hydrogen-bond acceptors (Lipinski definition) is 2. The van der Waals surface area contributed by atoms with Crippen LogP contribution in [0.2, 0.25) is 0 Å². The van der Waals surface area contributed by atoms with Gasteiger partial charge < -0.3 is 9.84 Å². The highest BCUT2D eigenvalue weighted by molar-refractivity contribution is 5.16. The fourth-order valence-corrected chi connectivity index (χ4v) is 4.53. The third-order valence-electron chi connectivity index (χ3n) is 5.87. The van der Waals surface area contributed by atoms with Gasteiger partial charge >= 0.3 is 0 Å². The Balaban J connectivity index is 1.58. The second-order valence-corrected chi connectivity index (χ2v) is 6.85. The van der Waals surface area contributed by atoms with Crippen molar-refractivity contribution in [1.82, 2.24) is 0 Å². The quantitative estimate of drug-likeness (QED) is 0.793. The number of hydrogen-bond donors (Lipinski definition) is 1. The minimum Gasteiger partial charge on any atom is -0.393 e. The van der Waals surface area contributed by atoms with Gasteiger partial charge in [-0.3, -0.25) is 0 Å². The first kappa shape index (κ1) is 13.6. The van der Waals surface area contributed by atoms with Crippen molar-refractivity contribution in [3.05, 3.63) is 12.2 Å². The normalized spacial score (nSPS) is 47.8. The lowest BCUT2D eigenvalue weighted by molar-refractivity contribution is -0.205. The Hall–Kier alpha value is -0.410. The molecule has 3 heteroatoms. The van der Waals surface area contributed by atoms with Crippen LogP contribution in [0.4, 0.5) is 4.39 Å². The van der Waals surface area contributed by atoms with Gasteiger partial charge in [0.15, 0.2) is 5.67 Å². The highest BCUT2D eigenvalue weighted by Gasteiger charge is 2.55. The molecule has 0 aromatic heterocycles. The molecule has 2 saturated carbocycles. The molecule has 7 unspecified atom stereocenters. The molecule has 3 fully saturated rings. The molecule has 2 nitrogen and oxygen atoms in total. The highest BCUT2D eigenvalue weighted by Crippen LogP contribution is 2.54. The van der Waals surface area contributed by atoms with E-state index in [0.29, 0.717) is 29.7 Å². The van der Waals surface area contributed by atoms with E-state index in [1.807, 2.05) is 6.92 Å². The van der Waals surface area contributed by atoms with Crippen molar-refractivity contribution in [1.29, 1.82) is 0 Å². The Bertz CT molecular complexity index is 375. The second kappa shape index (κ2) is 4.56. The van der Waals surface area contributed by atoms with Gasteiger partial charge in [0.1, 0.15) is 0 Å². The van der Waals surface area contributed by atoms with Gasteiger partial charge in [-0.1, -0.05) is 13.5 Å². The van der Waals surface area contributed by atoms with Gasteiger partial charge in [0.05, 0.1) is 18.3 Å². The summed E-state index contributed by atoms with van der Waals surface area (Å²) < 4.78 is 20.6. The van der Waals surface area contributed by atoms with Gasteiger partial charge in [-0.25, -0.2) is 4.39 Å². The zero-order valence-corrected chi connectivity index (χ0v) is 11.9. The van der Waals surface area contributed by atoms with Crippen molar-refractivity contribution in [2.45, 2.75) is 69.9 Å². The van der Waals surface area contributed by atoms with Crippen LogP contribution < -0.4 is 0 Å². The number of aliphatic hydroxyl groups excluding tert-OH is 1. The summed E-state index contributed by atoms with van der Waals surface area (Å²) in [5, 5.41) is 9.79. The number of ether oxygens (including phenoxy) is 1. The molecule has 1 aliphatic heterocycles. The fraction of sp³-hybridized carbons (Fsp3) is 0.875. The molecule has 7 atom stereocenters. The van der Waals surface area contributed by atoms with Crippen LogP contribution in [0, 0.1) is 17.8 Å². The smallest absolute Gasteiger partial charge is 0.157 e. The molecule has 2 aliphatic carbocycles. The lowest BCUT2D eigenvalue weighted by atomic mass is 9.75.